The van der Waals surface area contributed by atoms with E-state index in [1.54, 1.807) is 24.3 Å². The maximum Gasteiger partial charge on any atom is 0.412 e. The Kier molecular flexibility index (Phi) is 4.55. The smallest absolute Gasteiger partial charge is 0.412 e. The molecule has 18 heavy (non-hydrogen) atoms. The van der Waals surface area contributed by atoms with Crippen LogP contribution in [0.15, 0.2) is 24.3 Å². The van der Waals surface area contributed by atoms with Crippen molar-refractivity contribution in [2.75, 3.05) is 17.2 Å². The molecule has 96 valence electrons. The van der Waals surface area contributed by atoms with Gasteiger partial charge in [0.15, 0.2) is 0 Å². The summed E-state index contributed by atoms with van der Waals surface area (Å²) in [7, 11) is 0. The average Bonchev–Trinajstić information content (AvgIpc) is 2.25. The quantitative estimate of drug-likeness (QED) is 0.805. The van der Waals surface area contributed by atoms with Crippen molar-refractivity contribution in [3.63, 3.8) is 0 Å². The molecular formula is C13H17N3O2. The summed E-state index contributed by atoms with van der Waals surface area (Å²) >= 11 is 0. The fraction of sp³-hybridized carbons (Fsp3) is 0.385. The number of carbonyl (C=O) groups excluding carboxylic acids is 1. The van der Waals surface area contributed by atoms with E-state index in [-0.39, 0.29) is 6.54 Å². The highest BCUT2D eigenvalue weighted by Crippen LogP contribution is 2.15. The molecule has 5 heteroatoms. The predicted octanol–water partition coefficient (Wildman–Crippen LogP) is 2.97. The molecule has 0 bridgehead atoms. The Balaban J connectivity index is 2.54. The lowest BCUT2D eigenvalue weighted by Crippen LogP contribution is -2.27. The first-order chi connectivity index (χ1) is 8.40. The molecule has 0 spiro atoms. The van der Waals surface area contributed by atoms with Crippen LogP contribution in [0.5, 0.6) is 0 Å². The van der Waals surface area contributed by atoms with Crippen LogP contribution in [0.1, 0.15) is 20.8 Å². The first kappa shape index (κ1) is 13.8. The fourth-order valence-corrected chi connectivity index (χ4v) is 1.23. The van der Waals surface area contributed by atoms with E-state index in [1.165, 1.54) is 0 Å². The number of hydrogen-bond acceptors (Lipinski definition) is 4. The molecule has 0 aliphatic rings. The van der Waals surface area contributed by atoms with Crippen LogP contribution in [0.3, 0.4) is 0 Å². The number of rotatable bonds is 3. The topological polar surface area (TPSA) is 74.2 Å². The highest BCUT2D eigenvalue weighted by molar-refractivity contribution is 5.85. The van der Waals surface area contributed by atoms with Gasteiger partial charge in [0, 0.05) is 11.4 Å². The molecule has 0 atom stereocenters. The zero-order valence-electron chi connectivity index (χ0n) is 10.8. The van der Waals surface area contributed by atoms with Gasteiger partial charge in [-0.05, 0) is 45.0 Å². The molecule has 0 unspecified atom stereocenters. The second kappa shape index (κ2) is 5.92. The van der Waals surface area contributed by atoms with Gasteiger partial charge in [-0.1, -0.05) is 0 Å². The van der Waals surface area contributed by atoms with Crippen molar-refractivity contribution in [2.45, 2.75) is 26.4 Å². The summed E-state index contributed by atoms with van der Waals surface area (Å²) in [6.07, 6.45) is -0.486. The maximum atomic E-state index is 11.5. The fourth-order valence-electron chi connectivity index (χ4n) is 1.23. The van der Waals surface area contributed by atoms with Gasteiger partial charge in [-0.25, -0.2) is 4.79 Å². The Hall–Kier alpha value is -2.22. The molecular weight excluding hydrogens is 230 g/mol. The van der Waals surface area contributed by atoms with Crippen molar-refractivity contribution < 1.29 is 9.53 Å². The molecule has 1 aromatic carbocycles. The highest BCUT2D eigenvalue weighted by Gasteiger charge is 2.15. The Morgan fingerprint density at radius 3 is 2.33 bits per heavy atom. The van der Waals surface area contributed by atoms with E-state index in [0.717, 1.165) is 5.69 Å². The number of anilines is 2. The standard InChI is InChI=1S/C13H17N3O2/c1-13(2,3)18-12(17)16-11-6-4-10(5-7-11)15-9-8-14/h4-7,15H,9H2,1-3H3,(H,16,17). The van der Waals surface area contributed by atoms with Crippen molar-refractivity contribution in [2.24, 2.45) is 0 Å². The molecule has 1 aromatic rings. The molecule has 0 aromatic heterocycles. The molecule has 0 saturated heterocycles. The van der Waals surface area contributed by atoms with Gasteiger partial charge in [0.2, 0.25) is 0 Å². The number of hydrogen-bond donors (Lipinski definition) is 2. The average molecular weight is 247 g/mol. The van der Waals surface area contributed by atoms with Crippen LogP contribution in [0.25, 0.3) is 0 Å². The largest absolute Gasteiger partial charge is 0.444 e. The van der Waals surface area contributed by atoms with Crippen molar-refractivity contribution in [3.8, 4) is 6.07 Å². The molecule has 1 amide bonds. The Bertz CT molecular complexity index is 441. The van der Waals surface area contributed by atoms with E-state index in [1.807, 2.05) is 26.8 Å². The summed E-state index contributed by atoms with van der Waals surface area (Å²) in [5, 5.41) is 14.0. The van der Waals surface area contributed by atoms with E-state index in [2.05, 4.69) is 10.6 Å². The van der Waals surface area contributed by atoms with E-state index in [9.17, 15) is 4.79 Å². The maximum absolute atomic E-state index is 11.5. The second-order valence-corrected chi connectivity index (χ2v) is 4.72. The normalized spacial score (nSPS) is 10.3. The van der Waals surface area contributed by atoms with Crippen molar-refractivity contribution in [1.82, 2.24) is 0 Å². The summed E-state index contributed by atoms with van der Waals surface area (Å²) < 4.78 is 5.13. The summed E-state index contributed by atoms with van der Waals surface area (Å²) in [5.74, 6) is 0. The van der Waals surface area contributed by atoms with Crippen LogP contribution in [0.4, 0.5) is 16.2 Å². The number of ether oxygens (including phenoxy) is 1. The van der Waals surface area contributed by atoms with Gasteiger partial charge in [-0.3, -0.25) is 5.32 Å². The molecule has 1 rings (SSSR count). The lowest BCUT2D eigenvalue weighted by atomic mass is 10.2. The number of nitrogens with zero attached hydrogens (tertiary/aromatic N) is 1. The first-order valence-electron chi connectivity index (χ1n) is 5.61. The summed E-state index contributed by atoms with van der Waals surface area (Å²) in [6.45, 7) is 5.67. The summed E-state index contributed by atoms with van der Waals surface area (Å²) in [5.41, 5.74) is 0.955. The van der Waals surface area contributed by atoms with Crippen molar-refractivity contribution in [1.29, 1.82) is 5.26 Å². The third kappa shape index (κ3) is 5.21. The minimum atomic E-state index is -0.516. The molecule has 0 aliphatic carbocycles. The van der Waals surface area contributed by atoms with Gasteiger partial charge in [0.25, 0.3) is 0 Å². The van der Waals surface area contributed by atoms with E-state index >= 15 is 0 Å². The van der Waals surface area contributed by atoms with Crippen molar-refractivity contribution >= 4 is 17.5 Å². The molecule has 0 radical (unpaired) electrons. The number of amides is 1. The Morgan fingerprint density at radius 1 is 1.28 bits per heavy atom. The molecule has 2 N–H and O–H groups in total. The van der Waals surface area contributed by atoms with E-state index in [0.29, 0.717) is 5.69 Å². The minimum Gasteiger partial charge on any atom is -0.444 e. The van der Waals surface area contributed by atoms with E-state index < -0.39 is 11.7 Å². The van der Waals surface area contributed by atoms with Gasteiger partial charge < -0.3 is 10.1 Å². The Morgan fingerprint density at radius 2 is 1.83 bits per heavy atom. The zero-order chi connectivity index (χ0) is 13.6. The van der Waals surface area contributed by atoms with Gasteiger partial charge in [-0.15, -0.1) is 0 Å². The molecule has 5 nitrogen and oxygen atoms in total. The predicted molar refractivity (Wildman–Crippen MR) is 70.4 cm³/mol. The van der Waals surface area contributed by atoms with E-state index in [4.69, 9.17) is 10.00 Å². The van der Waals surface area contributed by atoms with Crippen LogP contribution in [-0.4, -0.2) is 18.2 Å². The lowest BCUT2D eigenvalue weighted by molar-refractivity contribution is 0.0636. The Labute approximate surface area is 107 Å². The minimum absolute atomic E-state index is 0.249. The second-order valence-electron chi connectivity index (χ2n) is 4.72. The monoisotopic (exact) mass is 247 g/mol. The zero-order valence-corrected chi connectivity index (χ0v) is 10.8. The molecule has 0 saturated carbocycles. The van der Waals surface area contributed by atoms with Crippen molar-refractivity contribution in [3.05, 3.63) is 24.3 Å². The van der Waals surface area contributed by atoms with Gasteiger partial charge >= 0.3 is 6.09 Å². The van der Waals surface area contributed by atoms with Gasteiger partial charge in [0.1, 0.15) is 12.1 Å². The number of nitrogens with one attached hydrogen (secondary N) is 2. The summed E-state index contributed by atoms with van der Waals surface area (Å²) in [6, 6.07) is 9.03. The number of carbonyl (C=O) groups is 1. The first-order valence-corrected chi connectivity index (χ1v) is 5.61. The molecule has 0 fully saturated rings. The van der Waals surface area contributed by atoms with Gasteiger partial charge in [-0.2, -0.15) is 5.26 Å². The molecule has 0 heterocycles. The molecule has 0 aliphatic heterocycles. The third-order valence-electron chi connectivity index (χ3n) is 1.90. The number of benzene rings is 1. The van der Waals surface area contributed by atoms with Crippen LogP contribution in [0, 0.1) is 11.3 Å². The van der Waals surface area contributed by atoms with Gasteiger partial charge in [0.05, 0.1) is 6.07 Å². The van der Waals surface area contributed by atoms with Crippen LogP contribution >= 0.6 is 0 Å². The van der Waals surface area contributed by atoms with Crippen LogP contribution < -0.4 is 10.6 Å². The van der Waals surface area contributed by atoms with Crippen LogP contribution in [-0.2, 0) is 4.74 Å². The summed E-state index contributed by atoms with van der Waals surface area (Å²) in [4.78, 5) is 11.5. The SMILES string of the molecule is CC(C)(C)OC(=O)Nc1ccc(NCC#N)cc1. The highest BCUT2D eigenvalue weighted by atomic mass is 16.6. The lowest BCUT2D eigenvalue weighted by Gasteiger charge is -2.19. The number of nitriles is 1. The van der Waals surface area contributed by atoms with Crippen LogP contribution in [0.2, 0.25) is 0 Å². The third-order valence-corrected chi connectivity index (χ3v) is 1.90.